The van der Waals surface area contributed by atoms with Gasteiger partial charge in [0.1, 0.15) is 6.29 Å². The van der Waals surface area contributed by atoms with Crippen LogP contribution in [0.5, 0.6) is 0 Å². The number of hydrogen-bond acceptors (Lipinski definition) is 1. The van der Waals surface area contributed by atoms with Crippen molar-refractivity contribution in [2.45, 2.75) is 58.3 Å². The molecular weight excluding hydrogens is 184 g/mol. The number of unbranched alkanes of at least 4 members (excludes halogenated alkanes) is 6. The van der Waals surface area contributed by atoms with Gasteiger partial charge in [0.25, 0.3) is 0 Å². The number of rotatable bonds is 10. The van der Waals surface area contributed by atoms with Gasteiger partial charge in [0.15, 0.2) is 0 Å². The van der Waals surface area contributed by atoms with Gasteiger partial charge in [-0.1, -0.05) is 43.6 Å². The standard InChI is InChI=1S/C14H24O/c1-2-3-4-5-6-7-8-9-10-11-12-13-14-15/h2-3,11-12,14H,4-10,13H2,1H3. The molecule has 0 rings (SSSR count). The molecule has 0 fully saturated rings. The largest absolute Gasteiger partial charge is 0.303 e. The van der Waals surface area contributed by atoms with E-state index < -0.39 is 0 Å². The highest BCUT2D eigenvalue weighted by Gasteiger charge is 1.88. The second-order valence-corrected chi connectivity index (χ2v) is 3.79. The van der Waals surface area contributed by atoms with E-state index in [9.17, 15) is 4.79 Å². The summed E-state index contributed by atoms with van der Waals surface area (Å²) in [6.07, 6.45) is 18.9. The molecule has 0 aromatic rings. The Labute approximate surface area is 94.3 Å². The fourth-order valence-corrected chi connectivity index (χ4v) is 1.49. The van der Waals surface area contributed by atoms with Gasteiger partial charge < -0.3 is 4.79 Å². The van der Waals surface area contributed by atoms with Gasteiger partial charge >= 0.3 is 0 Å². The minimum atomic E-state index is 0.573. The summed E-state index contributed by atoms with van der Waals surface area (Å²) in [5, 5.41) is 0. The minimum absolute atomic E-state index is 0.573. The van der Waals surface area contributed by atoms with E-state index in [2.05, 4.69) is 25.2 Å². The van der Waals surface area contributed by atoms with Gasteiger partial charge in [-0.3, -0.25) is 0 Å². The molecule has 86 valence electrons. The average molecular weight is 208 g/mol. The highest BCUT2D eigenvalue weighted by Crippen LogP contribution is 2.07. The summed E-state index contributed by atoms with van der Waals surface area (Å²) in [6.45, 7) is 2.08. The summed E-state index contributed by atoms with van der Waals surface area (Å²) < 4.78 is 0. The lowest BCUT2D eigenvalue weighted by atomic mass is 10.1. The Kier molecular flexibility index (Phi) is 12.4. The van der Waals surface area contributed by atoms with Crippen molar-refractivity contribution in [1.82, 2.24) is 0 Å². The maximum absolute atomic E-state index is 10.0. The van der Waals surface area contributed by atoms with Crippen molar-refractivity contribution in [3.05, 3.63) is 24.3 Å². The van der Waals surface area contributed by atoms with Crippen LogP contribution in [0.3, 0.4) is 0 Å². The van der Waals surface area contributed by atoms with Gasteiger partial charge in [-0.15, -0.1) is 0 Å². The first-order valence-electron chi connectivity index (χ1n) is 6.11. The van der Waals surface area contributed by atoms with Gasteiger partial charge in [0, 0.05) is 6.42 Å². The number of carbonyl (C=O) groups is 1. The van der Waals surface area contributed by atoms with Crippen LogP contribution in [0, 0.1) is 0 Å². The van der Waals surface area contributed by atoms with Gasteiger partial charge in [-0.05, 0) is 32.6 Å². The third kappa shape index (κ3) is 13.2. The molecule has 0 aromatic carbocycles. The lowest BCUT2D eigenvalue weighted by Gasteiger charge is -1.97. The average Bonchev–Trinajstić information content (AvgIpc) is 2.26. The highest BCUT2D eigenvalue weighted by atomic mass is 16.1. The first-order valence-corrected chi connectivity index (χ1v) is 6.11. The molecule has 0 N–H and O–H groups in total. The number of allylic oxidation sites excluding steroid dienone is 4. The van der Waals surface area contributed by atoms with Crippen molar-refractivity contribution in [3.63, 3.8) is 0 Å². The maximum atomic E-state index is 10.0. The third-order valence-electron chi connectivity index (χ3n) is 2.38. The molecule has 0 heterocycles. The Morgan fingerprint density at radius 3 is 2.00 bits per heavy atom. The van der Waals surface area contributed by atoms with Gasteiger partial charge in [0.2, 0.25) is 0 Å². The van der Waals surface area contributed by atoms with Crippen molar-refractivity contribution in [2.24, 2.45) is 0 Å². The van der Waals surface area contributed by atoms with Crippen molar-refractivity contribution < 1.29 is 4.79 Å². The normalized spacial score (nSPS) is 11.5. The zero-order valence-corrected chi connectivity index (χ0v) is 9.95. The van der Waals surface area contributed by atoms with Crippen molar-refractivity contribution in [3.8, 4) is 0 Å². The monoisotopic (exact) mass is 208 g/mol. The van der Waals surface area contributed by atoms with Crippen LogP contribution in [0.15, 0.2) is 24.3 Å². The number of hydrogen-bond donors (Lipinski definition) is 0. The molecule has 0 aliphatic heterocycles. The summed E-state index contributed by atoms with van der Waals surface area (Å²) in [6, 6.07) is 0. The quantitative estimate of drug-likeness (QED) is 0.295. The number of aldehydes is 1. The van der Waals surface area contributed by atoms with Crippen LogP contribution in [0.4, 0.5) is 0 Å². The molecule has 0 aromatic heterocycles. The van der Waals surface area contributed by atoms with Gasteiger partial charge in [-0.2, -0.15) is 0 Å². The first-order chi connectivity index (χ1) is 7.41. The number of carbonyl (C=O) groups excluding carboxylic acids is 1. The first kappa shape index (κ1) is 14.2. The van der Waals surface area contributed by atoms with Gasteiger partial charge in [0.05, 0.1) is 0 Å². The van der Waals surface area contributed by atoms with Crippen LogP contribution >= 0.6 is 0 Å². The van der Waals surface area contributed by atoms with Crippen LogP contribution in [0.25, 0.3) is 0 Å². The van der Waals surface area contributed by atoms with Crippen molar-refractivity contribution in [2.75, 3.05) is 0 Å². The highest BCUT2D eigenvalue weighted by molar-refractivity contribution is 5.51. The molecule has 0 atom stereocenters. The van der Waals surface area contributed by atoms with Crippen LogP contribution in [-0.2, 0) is 4.79 Å². The van der Waals surface area contributed by atoms with E-state index >= 15 is 0 Å². The smallest absolute Gasteiger partial charge is 0.123 e. The lowest BCUT2D eigenvalue weighted by Crippen LogP contribution is -1.78. The molecule has 0 aliphatic rings. The maximum Gasteiger partial charge on any atom is 0.123 e. The van der Waals surface area contributed by atoms with Crippen molar-refractivity contribution >= 4 is 6.29 Å². The SMILES string of the molecule is CC=CCCCCCCCC=CCC=O. The topological polar surface area (TPSA) is 17.1 Å². The lowest BCUT2D eigenvalue weighted by molar-refractivity contribution is -0.107. The van der Waals surface area contributed by atoms with E-state index in [1.807, 2.05) is 6.08 Å². The molecular formula is C14H24O. The molecule has 0 spiro atoms. The van der Waals surface area contributed by atoms with E-state index in [1.165, 1.54) is 38.5 Å². The molecule has 0 bridgehead atoms. The van der Waals surface area contributed by atoms with Crippen LogP contribution in [0.1, 0.15) is 58.3 Å². The molecule has 0 saturated heterocycles. The zero-order chi connectivity index (χ0) is 11.2. The van der Waals surface area contributed by atoms with E-state index in [4.69, 9.17) is 0 Å². The summed E-state index contributed by atoms with van der Waals surface area (Å²) >= 11 is 0. The van der Waals surface area contributed by atoms with Crippen molar-refractivity contribution in [1.29, 1.82) is 0 Å². The Balaban J connectivity index is 3.01. The molecule has 15 heavy (non-hydrogen) atoms. The summed E-state index contributed by atoms with van der Waals surface area (Å²) in [7, 11) is 0. The second-order valence-electron chi connectivity index (χ2n) is 3.79. The predicted molar refractivity (Wildman–Crippen MR) is 67.0 cm³/mol. The molecule has 0 aliphatic carbocycles. The molecule has 0 radical (unpaired) electrons. The Hall–Kier alpha value is -0.850. The predicted octanol–water partition coefficient (Wildman–Crippen LogP) is 4.44. The van der Waals surface area contributed by atoms with E-state index in [-0.39, 0.29) is 0 Å². The van der Waals surface area contributed by atoms with Crippen LogP contribution in [-0.4, -0.2) is 6.29 Å². The molecule has 1 nitrogen and oxygen atoms in total. The van der Waals surface area contributed by atoms with Crippen LogP contribution in [0.2, 0.25) is 0 Å². The van der Waals surface area contributed by atoms with Gasteiger partial charge in [-0.25, -0.2) is 0 Å². The summed E-state index contributed by atoms with van der Waals surface area (Å²) in [4.78, 5) is 10.0. The summed E-state index contributed by atoms with van der Waals surface area (Å²) in [5.74, 6) is 0. The molecule has 0 unspecified atom stereocenters. The molecule has 0 saturated carbocycles. The minimum Gasteiger partial charge on any atom is -0.303 e. The Morgan fingerprint density at radius 1 is 0.800 bits per heavy atom. The zero-order valence-electron chi connectivity index (χ0n) is 9.95. The van der Waals surface area contributed by atoms with E-state index in [1.54, 1.807) is 0 Å². The molecule has 0 amide bonds. The molecule has 1 heteroatoms. The Bertz CT molecular complexity index is 180. The van der Waals surface area contributed by atoms with Crippen LogP contribution < -0.4 is 0 Å². The van der Waals surface area contributed by atoms with E-state index in [0.717, 1.165) is 12.7 Å². The fourth-order valence-electron chi connectivity index (χ4n) is 1.49. The summed E-state index contributed by atoms with van der Waals surface area (Å²) in [5.41, 5.74) is 0. The Morgan fingerprint density at radius 2 is 1.40 bits per heavy atom. The second kappa shape index (κ2) is 13.2. The van der Waals surface area contributed by atoms with E-state index in [0.29, 0.717) is 6.42 Å². The third-order valence-corrected chi connectivity index (χ3v) is 2.38. The fraction of sp³-hybridized carbons (Fsp3) is 0.643.